The second-order valence-corrected chi connectivity index (χ2v) is 8.52. The van der Waals surface area contributed by atoms with Gasteiger partial charge in [0.1, 0.15) is 6.10 Å². The van der Waals surface area contributed by atoms with Gasteiger partial charge in [-0.3, -0.25) is 4.79 Å². The molecule has 6 nitrogen and oxygen atoms in total. The Morgan fingerprint density at radius 2 is 1.63 bits per heavy atom. The summed E-state index contributed by atoms with van der Waals surface area (Å²) in [6, 6.07) is 15.2. The molecule has 1 saturated carbocycles. The number of aliphatic hydroxyl groups excluding tert-OH is 1. The van der Waals surface area contributed by atoms with Gasteiger partial charge in [-0.05, 0) is 61.1 Å². The summed E-state index contributed by atoms with van der Waals surface area (Å²) < 4.78 is 11.5. The van der Waals surface area contributed by atoms with Gasteiger partial charge in [-0.1, -0.05) is 12.1 Å². The lowest BCUT2D eigenvalue weighted by Crippen LogP contribution is -2.42. The molecule has 1 saturated heterocycles. The predicted molar refractivity (Wildman–Crippen MR) is 116 cm³/mol. The van der Waals surface area contributed by atoms with Crippen LogP contribution in [0.2, 0.25) is 0 Å². The fourth-order valence-electron chi connectivity index (χ4n) is 4.65. The van der Waals surface area contributed by atoms with Crippen LogP contribution in [0.25, 0.3) is 0 Å². The molecule has 0 spiro atoms. The molecule has 0 bridgehead atoms. The molecule has 4 rings (SSSR count). The van der Waals surface area contributed by atoms with Crippen molar-refractivity contribution in [1.82, 2.24) is 4.90 Å². The molecular formula is C24H30N2O4. The SMILES string of the molecule is COc1ccccc1O[C@@H]1C[C@@H]2CN(C(=O)c3ccc(N(C)C)cc3)C[C@@H]2C[C@H]1O. The molecule has 1 aliphatic carbocycles. The summed E-state index contributed by atoms with van der Waals surface area (Å²) in [6.45, 7) is 1.40. The number of carbonyl (C=O) groups excluding carboxylic acids is 1. The Labute approximate surface area is 178 Å². The number of hydrogen-bond donors (Lipinski definition) is 1. The smallest absolute Gasteiger partial charge is 0.253 e. The van der Waals surface area contributed by atoms with Gasteiger partial charge in [0.25, 0.3) is 5.91 Å². The van der Waals surface area contributed by atoms with Crippen LogP contribution >= 0.6 is 0 Å². The molecule has 1 heterocycles. The van der Waals surface area contributed by atoms with Crippen molar-refractivity contribution in [2.24, 2.45) is 11.8 Å². The first kappa shape index (κ1) is 20.5. The molecule has 6 heteroatoms. The molecule has 0 radical (unpaired) electrons. The highest BCUT2D eigenvalue weighted by atomic mass is 16.5. The Morgan fingerprint density at radius 3 is 2.27 bits per heavy atom. The average molecular weight is 411 g/mol. The molecule has 2 aromatic carbocycles. The van der Waals surface area contributed by atoms with E-state index >= 15 is 0 Å². The minimum Gasteiger partial charge on any atom is -0.493 e. The second kappa shape index (κ2) is 8.56. The summed E-state index contributed by atoms with van der Waals surface area (Å²) in [5.74, 6) is 2.01. The zero-order valence-electron chi connectivity index (χ0n) is 17.8. The highest BCUT2D eigenvalue weighted by Gasteiger charge is 2.44. The van der Waals surface area contributed by atoms with Gasteiger partial charge in [-0.15, -0.1) is 0 Å². The Kier molecular flexibility index (Phi) is 5.86. The lowest BCUT2D eigenvalue weighted by molar-refractivity contribution is -0.0240. The van der Waals surface area contributed by atoms with Gasteiger partial charge in [0.05, 0.1) is 13.2 Å². The second-order valence-electron chi connectivity index (χ2n) is 8.52. The summed E-state index contributed by atoms with van der Waals surface area (Å²) >= 11 is 0. The highest BCUT2D eigenvalue weighted by Crippen LogP contribution is 2.39. The number of carbonyl (C=O) groups is 1. The van der Waals surface area contributed by atoms with Gasteiger partial charge >= 0.3 is 0 Å². The summed E-state index contributed by atoms with van der Waals surface area (Å²) in [5.41, 5.74) is 1.78. The first-order valence-electron chi connectivity index (χ1n) is 10.5. The number of para-hydroxylation sites is 2. The van der Waals surface area contributed by atoms with E-state index in [-0.39, 0.29) is 12.0 Å². The largest absolute Gasteiger partial charge is 0.493 e. The van der Waals surface area contributed by atoms with Crippen molar-refractivity contribution in [2.75, 3.05) is 39.2 Å². The monoisotopic (exact) mass is 410 g/mol. The van der Waals surface area contributed by atoms with Gasteiger partial charge in [0.2, 0.25) is 0 Å². The zero-order valence-corrected chi connectivity index (χ0v) is 17.8. The van der Waals surface area contributed by atoms with Crippen LogP contribution in [0.15, 0.2) is 48.5 Å². The Balaban J connectivity index is 1.42. The molecule has 1 aliphatic heterocycles. The lowest BCUT2D eigenvalue weighted by Gasteiger charge is -2.35. The van der Waals surface area contributed by atoms with Crippen molar-refractivity contribution in [2.45, 2.75) is 25.0 Å². The number of anilines is 1. The first-order chi connectivity index (χ1) is 14.5. The van der Waals surface area contributed by atoms with Crippen LogP contribution in [0.1, 0.15) is 23.2 Å². The normalized spacial score (nSPS) is 25.5. The number of fused-ring (bicyclic) bond motifs is 1. The molecule has 2 aliphatic rings. The fourth-order valence-corrected chi connectivity index (χ4v) is 4.65. The van der Waals surface area contributed by atoms with E-state index in [2.05, 4.69) is 0 Å². The van der Waals surface area contributed by atoms with Gasteiger partial charge in [-0.2, -0.15) is 0 Å². The minimum atomic E-state index is -0.550. The molecular weight excluding hydrogens is 380 g/mol. The van der Waals surface area contributed by atoms with Gasteiger partial charge < -0.3 is 24.4 Å². The van der Waals surface area contributed by atoms with Crippen molar-refractivity contribution in [3.63, 3.8) is 0 Å². The van der Waals surface area contributed by atoms with Crippen LogP contribution in [0, 0.1) is 11.8 Å². The number of ether oxygens (including phenoxy) is 2. The number of methoxy groups -OCH3 is 1. The van der Waals surface area contributed by atoms with E-state index in [9.17, 15) is 9.90 Å². The van der Waals surface area contributed by atoms with Crippen LogP contribution in [-0.4, -0.2) is 62.4 Å². The summed E-state index contributed by atoms with van der Waals surface area (Å²) in [5, 5.41) is 10.7. The highest BCUT2D eigenvalue weighted by molar-refractivity contribution is 5.94. The Morgan fingerprint density at radius 1 is 1.00 bits per heavy atom. The number of rotatable bonds is 5. The fraction of sp³-hybridized carbons (Fsp3) is 0.458. The maximum atomic E-state index is 13.0. The van der Waals surface area contributed by atoms with Crippen molar-refractivity contribution in [3.8, 4) is 11.5 Å². The third-order valence-electron chi connectivity index (χ3n) is 6.35. The molecule has 2 fully saturated rings. The van der Waals surface area contributed by atoms with Crippen molar-refractivity contribution in [3.05, 3.63) is 54.1 Å². The van der Waals surface area contributed by atoms with Crippen molar-refractivity contribution >= 4 is 11.6 Å². The predicted octanol–water partition coefficient (Wildman–Crippen LogP) is 3.05. The van der Waals surface area contributed by atoms with E-state index in [1.807, 2.05) is 72.4 Å². The number of nitrogens with zero attached hydrogens (tertiary/aromatic N) is 2. The van der Waals surface area contributed by atoms with Crippen molar-refractivity contribution < 1.29 is 19.4 Å². The van der Waals surface area contributed by atoms with Gasteiger partial charge in [0, 0.05) is 38.4 Å². The number of hydrogen-bond acceptors (Lipinski definition) is 5. The van der Waals surface area contributed by atoms with E-state index < -0.39 is 6.10 Å². The standard InChI is InChI=1S/C24H30N2O4/c1-25(2)19-10-8-16(9-11-19)24(28)26-14-17-12-20(27)23(13-18(17)15-26)30-22-7-5-4-6-21(22)29-3/h4-11,17-18,20,23,27H,12-15H2,1-3H3/t17-,18+,20+,23+/m0/s1. The zero-order chi connectivity index (χ0) is 21.3. The molecule has 0 aromatic heterocycles. The van der Waals surface area contributed by atoms with E-state index in [1.165, 1.54) is 0 Å². The minimum absolute atomic E-state index is 0.0615. The van der Waals surface area contributed by atoms with Crippen LogP contribution in [-0.2, 0) is 0 Å². The summed E-state index contributed by atoms with van der Waals surface area (Å²) in [7, 11) is 5.58. The van der Waals surface area contributed by atoms with Crippen LogP contribution in [0.5, 0.6) is 11.5 Å². The van der Waals surface area contributed by atoms with Gasteiger partial charge in [0.15, 0.2) is 11.5 Å². The molecule has 1 N–H and O–H groups in total. The average Bonchev–Trinajstić information content (AvgIpc) is 3.16. The number of amides is 1. The Hall–Kier alpha value is -2.73. The maximum absolute atomic E-state index is 13.0. The van der Waals surface area contributed by atoms with E-state index in [4.69, 9.17) is 9.47 Å². The quantitative estimate of drug-likeness (QED) is 0.821. The molecule has 160 valence electrons. The van der Waals surface area contributed by atoms with Crippen molar-refractivity contribution in [1.29, 1.82) is 0 Å². The number of benzene rings is 2. The summed E-state index contributed by atoms with van der Waals surface area (Å²) in [4.78, 5) is 17.0. The van der Waals surface area contributed by atoms with Crippen LogP contribution < -0.4 is 14.4 Å². The third kappa shape index (κ3) is 4.10. The summed E-state index contributed by atoms with van der Waals surface area (Å²) in [6.07, 6.45) is 0.531. The Bertz CT molecular complexity index is 883. The van der Waals surface area contributed by atoms with E-state index in [0.717, 1.165) is 12.1 Å². The maximum Gasteiger partial charge on any atom is 0.253 e. The molecule has 4 atom stereocenters. The lowest BCUT2D eigenvalue weighted by atomic mass is 9.78. The molecule has 1 amide bonds. The number of aliphatic hydroxyl groups is 1. The molecule has 2 aromatic rings. The topological polar surface area (TPSA) is 62.2 Å². The molecule has 30 heavy (non-hydrogen) atoms. The van der Waals surface area contributed by atoms with Crippen LogP contribution in [0.4, 0.5) is 5.69 Å². The third-order valence-corrected chi connectivity index (χ3v) is 6.35. The number of likely N-dealkylation sites (tertiary alicyclic amines) is 1. The van der Waals surface area contributed by atoms with E-state index in [0.29, 0.717) is 48.4 Å². The van der Waals surface area contributed by atoms with Gasteiger partial charge in [-0.25, -0.2) is 0 Å². The van der Waals surface area contributed by atoms with Crippen LogP contribution in [0.3, 0.4) is 0 Å². The molecule has 0 unspecified atom stereocenters. The van der Waals surface area contributed by atoms with E-state index in [1.54, 1.807) is 7.11 Å². The first-order valence-corrected chi connectivity index (χ1v) is 10.5.